The number of methoxy groups -OCH3 is 1. The summed E-state index contributed by atoms with van der Waals surface area (Å²) >= 11 is 1.75. The van der Waals surface area contributed by atoms with Crippen LogP contribution in [-0.4, -0.2) is 36.4 Å². The van der Waals surface area contributed by atoms with Gasteiger partial charge in [0.25, 0.3) is 0 Å². The maximum atomic E-state index is 10.1. The highest BCUT2D eigenvalue weighted by Gasteiger charge is 2.16. The highest BCUT2D eigenvalue weighted by Crippen LogP contribution is 2.24. The van der Waals surface area contributed by atoms with Gasteiger partial charge in [-0.2, -0.15) is 11.8 Å². The van der Waals surface area contributed by atoms with Crippen LogP contribution in [0.3, 0.4) is 0 Å². The van der Waals surface area contributed by atoms with Crippen molar-refractivity contribution in [2.75, 3.05) is 25.2 Å². The number of thioether (sulfide) groups is 1. The van der Waals surface area contributed by atoms with Crippen LogP contribution in [0.5, 0.6) is 5.75 Å². The topological polar surface area (TPSA) is 38.7 Å². The predicted octanol–water partition coefficient (Wildman–Crippen LogP) is 2.64. The lowest BCUT2D eigenvalue weighted by atomic mass is 10.1. The highest BCUT2D eigenvalue weighted by atomic mass is 32.2. The Morgan fingerprint density at radius 1 is 1.56 bits per heavy atom. The average Bonchev–Trinajstić information content (AvgIpc) is 2.92. The van der Waals surface area contributed by atoms with Crippen molar-refractivity contribution in [3.05, 3.63) is 29.8 Å². The Morgan fingerprint density at radius 3 is 3.17 bits per heavy atom. The van der Waals surface area contributed by atoms with Gasteiger partial charge < -0.3 is 14.6 Å². The number of aliphatic hydroxyl groups excluding tert-OH is 1. The van der Waals surface area contributed by atoms with Gasteiger partial charge in [0.05, 0.1) is 19.3 Å². The third kappa shape index (κ3) is 3.90. The van der Waals surface area contributed by atoms with Gasteiger partial charge in [-0.3, -0.25) is 0 Å². The number of rotatable bonds is 6. The molecule has 0 radical (unpaired) electrons. The summed E-state index contributed by atoms with van der Waals surface area (Å²) in [6.07, 6.45) is 2.27. The molecule has 18 heavy (non-hydrogen) atoms. The first-order valence-corrected chi connectivity index (χ1v) is 7.46. The Hall–Kier alpha value is -0.710. The van der Waals surface area contributed by atoms with Crippen LogP contribution in [0.1, 0.15) is 24.5 Å². The summed E-state index contributed by atoms with van der Waals surface area (Å²) in [5.41, 5.74) is 0.911. The van der Waals surface area contributed by atoms with Crippen LogP contribution >= 0.6 is 11.8 Å². The molecule has 3 nitrogen and oxygen atoms in total. The van der Waals surface area contributed by atoms with E-state index in [9.17, 15) is 5.11 Å². The molecule has 0 aromatic heterocycles. The second-order valence-corrected chi connectivity index (χ2v) is 5.54. The summed E-state index contributed by atoms with van der Waals surface area (Å²) in [7, 11) is 1.64. The minimum Gasteiger partial charge on any atom is -0.497 e. The summed E-state index contributed by atoms with van der Waals surface area (Å²) in [6, 6.07) is 7.61. The molecule has 1 aliphatic heterocycles. The van der Waals surface area contributed by atoms with Crippen molar-refractivity contribution >= 4 is 11.8 Å². The zero-order chi connectivity index (χ0) is 12.8. The smallest absolute Gasteiger partial charge is 0.119 e. The zero-order valence-corrected chi connectivity index (χ0v) is 11.5. The monoisotopic (exact) mass is 268 g/mol. The van der Waals surface area contributed by atoms with Gasteiger partial charge in [-0.25, -0.2) is 0 Å². The van der Waals surface area contributed by atoms with E-state index in [0.29, 0.717) is 11.9 Å². The van der Waals surface area contributed by atoms with E-state index >= 15 is 0 Å². The van der Waals surface area contributed by atoms with Crippen molar-refractivity contribution in [3.63, 3.8) is 0 Å². The molecule has 1 fully saturated rings. The molecule has 2 rings (SSSR count). The Kier molecular flexibility index (Phi) is 5.35. The SMILES string of the molecule is COc1cccc(C(O)CSCC2CCCO2)c1. The average molecular weight is 268 g/mol. The van der Waals surface area contributed by atoms with E-state index in [1.165, 1.54) is 6.42 Å². The molecular formula is C14H20O3S. The van der Waals surface area contributed by atoms with E-state index in [2.05, 4.69) is 0 Å². The minimum absolute atomic E-state index is 0.382. The quantitative estimate of drug-likeness (QED) is 0.861. The van der Waals surface area contributed by atoms with E-state index in [0.717, 1.165) is 30.1 Å². The van der Waals surface area contributed by atoms with E-state index < -0.39 is 6.10 Å². The molecule has 1 heterocycles. The summed E-state index contributed by atoms with van der Waals surface area (Å²) in [5.74, 6) is 2.46. The molecule has 2 atom stereocenters. The van der Waals surface area contributed by atoms with Crippen molar-refractivity contribution in [3.8, 4) is 5.75 Å². The van der Waals surface area contributed by atoms with Crippen LogP contribution in [0, 0.1) is 0 Å². The molecule has 1 N–H and O–H groups in total. The third-order valence-electron chi connectivity index (χ3n) is 3.08. The van der Waals surface area contributed by atoms with Crippen LogP contribution in [0.15, 0.2) is 24.3 Å². The van der Waals surface area contributed by atoms with E-state index in [1.54, 1.807) is 18.9 Å². The van der Waals surface area contributed by atoms with Crippen LogP contribution in [0.2, 0.25) is 0 Å². The molecule has 100 valence electrons. The van der Waals surface area contributed by atoms with Gasteiger partial charge in [-0.05, 0) is 30.5 Å². The number of benzene rings is 1. The van der Waals surface area contributed by atoms with Crippen molar-refractivity contribution in [2.45, 2.75) is 25.0 Å². The van der Waals surface area contributed by atoms with Gasteiger partial charge in [-0.15, -0.1) is 0 Å². The summed E-state index contributed by atoms with van der Waals surface area (Å²) in [4.78, 5) is 0. The van der Waals surface area contributed by atoms with Crippen molar-refractivity contribution in [1.29, 1.82) is 0 Å². The predicted molar refractivity (Wildman–Crippen MR) is 74.3 cm³/mol. The molecule has 1 saturated heterocycles. The Labute approximate surface area is 112 Å². The Bertz CT molecular complexity index is 364. The van der Waals surface area contributed by atoms with Crippen molar-refractivity contribution in [2.24, 2.45) is 0 Å². The van der Waals surface area contributed by atoms with E-state index in [4.69, 9.17) is 9.47 Å². The number of aliphatic hydroxyl groups is 1. The minimum atomic E-state index is -0.438. The summed E-state index contributed by atoms with van der Waals surface area (Å²) in [5, 5.41) is 10.1. The van der Waals surface area contributed by atoms with Crippen LogP contribution < -0.4 is 4.74 Å². The first-order valence-electron chi connectivity index (χ1n) is 6.31. The first kappa shape index (κ1) is 13.7. The maximum Gasteiger partial charge on any atom is 0.119 e. The zero-order valence-electron chi connectivity index (χ0n) is 10.7. The molecule has 0 amide bonds. The highest BCUT2D eigenvalue weighted by molar-refractivity contribution is 7.99. The van der Waals surface area contributed by atoms with E-state index in [-0.39, 0.29) is 0 Å². The Morgan fingerprint density at radius 2 is 2.44 bits per heavy atom. The number of hydrogen-bond donors (Lipinski definition) is 1. The summed E-state index contributed by atoms with van der Waals surface area (Å²) in [6.45, 7) is 0.893. The lowest BCUT2D eigenvalue weighted by molar-refractivity contribution is 0.128. The fourth-order valence-electron chi connectivity index (χ4n) is 2.03. The third-order valence-corrected chi connectivity index (χ3v) is 4.24. The number of ether oxygens (including phenoxy) is 2. The van der Waals surface area contributed by atoms with Crippen LogP contribution in [-0.2, 0) is 4.74 Å². The van der Waals surface area contributed by atoms with Gasteiger partial charge in [0.2, 0.25) is 0 Å². The lowest BCUT2D eigenvalue weighted by Crippen LogP contribution is -2.10. The standard InChI is InChI=1S/C14H20O3S/c1-16-12-5-2-4-11(8-12)14(15)10-18-9-13-6-3-7-17-13/h2,4-5,8,13-15H,3,6-7,9-10H2,1H3. The second-order valence-electron chi connectivity index (χ2n) is 4.46. The normalized spacial score (nSPS) is 20.9. The number of hydrogen-bond acceptors (Lipinski definition) is 4. The molecule has 0 bridgehead atoms. The fraction of sp³-hybridized carbons (Fsp3) is 0.571. The van der Waals surface area contributed by atoms with Gasteiger partial charge in [-0.1, -0.05) is 12.1 Å². The molecule has 2 unspecified atom stereocenters. The van der Waals surface area contributed by atoms with Crippen LogP contribution in [0.4, 0.5) is 0 Å². The summed E-state index contributed by atoms with van der Waals surface area (Å²) < 4.78 is 10.7. The molecule has 1 aromatic carbocycles. The van der Waals surface area contributed by atoms with E-state index in [1.807, 2.05) is 24.3 Å². The second kappa shape index (κ2) is 7.02. The van der Waals surface area contributed by atoms with Crippen molar-refractivity contribution < 1.29 is 14.6 Å². The Balaban J connectivity index is 1.77. The van der Waals surface area contributed by atoms with Crippen molar-refractivity contribution in [1.82, 2.24) is 0 Å². The molecular weight excluding hydrogens is 248 g/mol. The maximum absolute atomic E-state index is 10.1. The lowest BCUT2D eigenvalue weighted by Gasteiger charge is -2.13. The molecule has 0 aliphatic carbocycles. The van der Waals surface area contributed by atoms with Gasteiger partial charge in [0.15, 0.2) is 0 Å². The fourth-order valence-corrected chi connectivity index (χ4v) is 3.11. The molecule has 0 saturated carbocycles. The first-order chi connectivity index (χ1) is 8.79. The molecule has 1 aromatic rings. The van der Waals surface area contributed by atoms with Gasteiger partial charge in [0.1, 0.15) is 5.75 Å². The molecule has 4 heteroatoms. The van der Waals surface area contributed by atoms with Crippen LogP contribution in [0.25, 0.3) is 0 Å². The molecule has 0 spiro atoms. The van der Waals surface area contributed by atoms with Gasteiger partial charge >= 0.3 is 0 Å². The largest absolute Gasteiger partial charge is 0.497 e. The van der Waals surface area contributed by atoms with Gasteiger partial charge in [0, 0.05) is 18.1 Å². The molecule has 1 aliphatic rings.